The molecule has 0 bridgehead atoms. The van der Waals surface area contributed by atoms with E-state index in [2.05, 4.69) is 0 Å². The van der Waals surface area contributed by atoms with Gasteiger partial charge >= 0.3 is 22.7 Å². The Kier molecular flexibility index (Phi) is 9.55. The Bertz CT molecular complexity index is 1020. The van der Waals surface area contributed by atoms with Gasteiger partial charge in [0.15, 0.2) is 0 Å². The van der Waals surface area contributed by atoms with E-state index in [4.69, 9.17) is 10.2 Å². The second-order valence-electron chi connectivity index (χ2n) is 5.21. The summed E-state index contributed by atoms with van der Waals surface area (Å²) in [5.74, 6) is -2.42. The Hall–Kier alpha value is -4.64. The predicted molar refractivity (Wildman–Crippen MR) is 102 cm³/mol. The second-order valence-corrected chi connectivity index (χ2v) is 5.21. The van der Waals surface area contributed by atoms with E-state index in [1.165, 1.54) is 0 Å². The Morgan fingerprint density at radius 2 is 0.636 bits per heavy atom. The summed E-state index contributed by atoms with van der Waals surface area (Å²) in [5.41, 5.74) is -6.00. The molecule has 0 fully saturated rings. The quantitative estimate of drug-likeness (QED) is 0.253. The van der Waals surface area contributed by atoms with Crippen LogP contribution in [-0.2, 0) is 0 Å². The maximum absolute atomic E-state index is 10.4. The fraction of sp³-hybridized carbons (Fsp3) is 0. The number of nitro groups is 6. The summed E-state index contributed by atoms with van der Waals surface area (Å²) >= 11 is 0. The van der Waals surface area contributed by atoms with Gasteiger partial charge in [-0.3, -0.25) is 60.7 Å². The fourth-order valence-electron chi connectivity index (χ4n) is 1.95. The topological polar surface area (TPSA) is 299 Å². The Morgan fingerprint density at radius 3 is 0.758 bits per heavy atom. The predicted octanol–water partition coefficient (Wildman–Crippen LogP) is 1.85. The monoisotopic (exact) mass is 666 g/mol. The number of hydrogen-bond acceptors (Lipinski definition) is 14. The van der Waals surface area contributed by atoms with Crippen LogP contribution in [0.25, 0.3) is 0 Å². The molecular formula is C12H6N6O14Pb. The number of non-ortho nitro benzene ring substituents is 2. The van der Waals surface area contributed by atoms with Crippen LogP contribution in [0.5, 0.6) is 11.5 Å². The molecule has 2 aromatic rings. The second kappa shape index (κ2) is 11.1. The molecule has 0 spiro atoms. The summed E-state index contributed by atoms with van der Waals surface area (Å²) in [7, 11) is 0. The van der Waals surface area contributed by atoms with Gasteiger partial charge in [-0.1, -0.05) is 0 Å². The van der Waals surface area contributed by atoms with Crippen LogP contribution in [0.4, 0.5) is 34.1 Å². The van der Waals surface area contributed by atoms with E-state index in [-0.39, 0.29) is 27.3 Å². The Labute approximate surface area is 197 Å². The van der Waals surface area contributed by atoms with Crippen molar-refractivity contribution in [3.63, 3.8) is 0 Å². The van der Waals surface area contributed by atoms with Gasteiger partial charge < -0.3 is 10.2 Å². The first-order valence-electron chi connectivity index (χ1n) is 7.29. The normalized spacial score (nSPS) is 9.45. The zero-order valence-electron chi connectivity index (χ0n) is 15.3. The van der Waals surface area contributed by atoms with E-state index in [1.807, 2.05) is 0 Å². The Balaban J connectivity index is 0.000000602. The van der Waals surface area contributed by atoms with Crippen molar-refractivity contribution in [1.82, 2.24) is 0 Å². The smallest absolute Gasteiger partial charge is 0.324 e. The first-order chi connectivity index (χ1) is 14.7. The SMILES string of the molecule is O=[N+]([O-])c1cc([N+](=O)[O-])c(O)c([N+](=O)[O-])c1.O=[N+]([O-])c1cc([N+](=O)[O-])c(O)c([N+](=O)[O-])c1.[Pb]. The average Bonchev–Trinajstić information content (AvgIpc) is 2.67. The molecule has 0 amide bonds. The van der Waals surface area contributed by atoms with Crippen LogP contribution in [0.3, 0.4) is 0 Å². The van der Waals surface area contributed by atoms with E-state index < -0.39 is 75.2 Å². The molecule has 0 atom stereocenters. The van der Waals surface area contributed by atoms with Crippen molar-refractivity contribution in [3.8, 4) is 11.5 Å². The molecule has 2 N–H and O–H groups in total. The third kappa shape index (κ3) is 6.67. The number of nitrogens with zero attached hydrogens (tertiary/aromatic N) is 6. The van der Waals surface area contributed by atoms with Crippen molar-refractivity contribution in [1.29, 1.82) is 0 Å². The van der Waals surface area contributed by atoms with Gasteiger partial charge in [0, 0.05) is 27.3 Å². The summed E-state index contributed by atoms with van der Waals surface area (Å²) in [4.78, 5) is 55.5. The largest absolute Gasteiger partial charge is 0.497 e. The van der Waals surface area contributed by atoms with Crippen LogP contribution in [0.2, 0.25) is 0 Å². The van der Waals surface area contributed by atoms with Gasteiger partial charge in [-0.05, 0) is 0 Å². The molecule has 0 heterocycles. The van der Waals surface area contributed by atoms with E-state index >= 15 is 0 Å². The molecule has 0 saturated heterocycles. The Morgan fingerprint density at radius 1 is 0.455 bits per heavy atom. The number of hydrogen-bond donors (Lipinski definition) is 2. The molecule has 33 heavy (non-hydrogen) atoms. The molecule has 0 saturated carbocycles. The summed E-state index contributed by atoms with van der Waals surface area (Å²) in [6.45, 7) is 0. The van der Waals surface area contributed by atoms with E-state index in [9.17, 15) is 60.7 Å². The van der Waals surface area contributed by atoms with E-state index in [0.717, 1.165) is 0 Å². The number of rotatable bonds is 6. The molecular weight excluding hydrogens is 659 g/mol. The average molecular weight is 665 g/mol. The van der Waals surface area contributed by atoms with Crippen molar-refractivity contribution in [3.05, 3.63) is 85.0 Å². The molecule has 0 unspecified atom stereocenters. The van der Waals surface area contributed by atoms with Crippen LogP contribution in [0.1, 0.15) is 0 Å². The van der Waals surface area contributed by atoms with E-state index in [1.54, 1.807) is 0 Å². The number of phenols is 2. The first kappa shape index (κ1) is 28.4. The van der Waals surface area contributed by atoms with Crippen LogP contribution in [0, 0.1) is 60.7 Å². The molecule has 2 aromatic carbocycles. The number of aromatic hydroxyl groups is 2. The van der Waals surface area contributed by atoms with Crippen LogP contribution in [-0.4, -0.2) is 67.1 Å². The van der Waals surface area contributed by atoms with Crippen LogP contribution in [0.15, 0.2) is 24.3 Å². The molecule has 0 aliphatic heterocycles. The van der Waals surface area contributed by atoms with Crippen LogP contribution < -0.4 is 0 Å². The number of benzene rings is 2. The maximum Gasteiger partial charge on any atom is 0.324 e. The molecule has 20 nitrogen and oxygen atoms in total. The molecule has 4 radical (unpaired) electrons. The summed E-state index contributed by atoms with van der Waals surface area (Å²) in [6.07, 6.45) is 0. The molecule has 0 aromatic heterocycles. The first-order valence-corrected chi connectivity index (χ1v) is 7.29. The molecule has 0 aliphatic carbocycles. The van der Waals surface area contributed by atoms with Gasteiger partial charge in [0.1, 0.15) is 0 Å². The standard InChI is InChI=1S/2C6H3N3O7.Pb/c2*10-6-4(8(13)14)1-3(7(11)12)2-5(6)9(15)16;/h2*1-2,10H;. The van der Waals surface area contributed by atoms with Gasteiger partial charge in [0.25, 0.3) is 22.9 Å². The minimum atomic E-state index is -1.21. The molecule has 21 heteroatoms. The summed E-state index contributed by atoms with van der Waals surface area (Å²) in [6, 6.07) is 1.79. The maximum atomic E-state index is 10.4. The van der Waals surface area contributed by atoms with Crippen molar-refractivity contribution in [2.45, 2.75) is 0 Å². The third-order valence-electron chi connectivity index (χ3n) is 3.32. The zero-order valence-corrected chi connectivity index (χ0v) is 19.2. The van der Waals surface area contributed by atoms with Gasteiger partial charge in [-0.15, -0.1) is 0 Å². The van der Waals surface area contributed by atoms with Crippen molar-refractivity contribution in [2.24, 2.45) is 0 Å². The van der Waals surface area contributed by atoms with Gasteiger partial charge in [-0.2, -0.15) is 0 Å². The molecule has 2 rings (SSSR count). The minimum Gasteiger partial charge on any atom is -0.497 e. The molecule has 0 aliphatic rings. The van der Waals surface area contributed by atoms with Gasteiger partial charge in [0.2, 0.25) is 0 Å². The van der Waals surface area contributed by atoms with E-state index in [0.29, 0.717) is 24.3 Å². The van der Waals surface area contributed by atoms with Gasteiger partial charge in [0.05, 0.1) is 53.8 Å². The fourth-order valence-corrected chi connectivity index (χ4v) is 1.95. The third-order valence-corrected chi connectivity index (χ3v) is 3.32. The van der Waals surface area contributed by atoms with Crippen LogP contribution >= 0.6 is 0 Å². The van der Waals surface area contributed by atoms with Crippen molar-refractivity contribution < 1.29 is 39.8 Å². The number of phenolic OH excluding ortho intramolecular Hbond substituents is 2. The van der Waals surface area contributed by atoms with Crippen molar-refractivity contribution >= 4 is 61.4 Å². The molecule has 172 valence electrons. The summed E-state index contributed by atoms with van der Waals surface area (Å²) in [5, 5.41) is 80.4. The number of nitro benzene ring substituents is 6. The zero-order chi connectivity index (χ0) is 24.9. The summed E-state index contributed by atoms with van der Waals surface area (Å²) < 4.78 is 0. The minimum absolute atomic E-state index is 0. The van der Waals surface area contributed by atoms with Crippen molar-refractivity contribution in [2.75, 3.05) is 0 Å². The van der Waals surface area contributed by atoms with Gasteiger partial charge in [-0.25, -0.2) is 0 Å².